The Morgan fingerprint density at radius 1 is 1.23 bits per heavy atom. The molecule has 2 N–H and O–H groups in total. The first kappa shape index (κ1) is 24.2. The van der Waals surface area contributed by atoms with Gasteiger partial charge in [-0.05, 0) is 25.5 Å². The molecule has 0 saturated carbocycles. The third-order valence-corrected chi connectivity index (χ3v) is 3.69. The van der Waals surface area contributed by atoms with Gasteiger partial charge in [-0.2, -0.15) is 0 Å². The van der Waals surface area contributed by atoms with Gasteiger partial charge in [0.2, 0.25) is 5.91 Å². The molecule has 0 saturated heterocycles. The van der Waals surface area contributed by atoms with E-state index in [2.05, 4.69) is 58.3 Å². The highest BCUT2D eigenvalue weighted by atomic mass is 127. The summed E-state index contributed by atoms with van der Waals surface area (Å²) in [6, 6.07) is 10.4. The minimum atomic E-state index is -0.0269. The predicted octanol–water partition coefficient (Wildman–Crippen LogP) is 2.33. The summed E-state index contributed by atoms with van der Waals surface area (Å²) in [6.07, 6.45) is 2.73. The molecule has 0 unspecified atom stereocenters. The summed E-state index contributed by atoms with van der Waals surface area (Å²) < 4.78 is 0. The number of rotatable bonds is 10. The Bertz CT molecular complexity index is 548. The Morgan fingerprint density at radius 3 is 2.50 bits per heavy atom. The van der Waals surface area contributed by atoms with Crippen LogP contribution >= 0.6 is 24.0 Å². The third kappa shape index (κ3) is 9.65. The van der Waals surface area contributed by atoms with Crippen molar-refractivity contribution in [3.63, 3.8) is 0 Å². The molecule has 0 heterocycles. The van der Waals surface area contributed by atoms with Crippen molar-refractivity contribution in [2.24, 2.45) is 4.99 Å². The second kappa shape index (κ2) is 14.4. The Hall–Kier alpha value is -1.77. The second-order valence-electron chi connectivity index (χ2n) is 5.82. The van der Waals surface area contributed by atoms with Crippen molar-refractivity contribution >= 4 is 41.5 Å². The molecule has 1 amide bonds. The van der Waals surface area contributed by atoms with Crippen LogP contribution in [0.3, 0.4) is 0 Å². The van der Waals surface area contributed by atoms with Crippen molar-refractivity contribution in [3.05, 3.63) is 43.0 Å². The highest BCUT2D eigenvalue weighted by Crippen LogP contribution is 2.12. The number of anilines is 1. The van der Waals surface area contributed by atoms with E-state index in [1.807, 2.05) is 6.07 Å². The summed E-state index contributed by atoms with van der Waals surface area (Å²) in [7, 11) is 3.45. The van der Waals surface area contributed by atoms with Gasteiger partial charge in [-0.15, -0.1) is 30.6 Å². The van der Waals surface area contributed by atoms with E-state index in [1.54, 1.807) is 20.2 Å². The van der Waals surface area contributed by atoms with Gasteiger partial charge >= 0.3 is 0 Å². The van der Waals surface area contributed by atoms with Crippen molar-refractivity contribution in [1.29, 1.82) is 0 Å². The number of aliphatic imine (C=N–C) groups is 1. The topological polar surface area (TPSA) is 60.0 Å². The van der Waals surface area contributed by atoms with Gasteiger partial charge in [-0.1, -0.05) is 24.3 Å². The maximum absolute atomic E-state index is 11.7. The first-order valence-corrected chi connectivity index (χ1v) is 8.71. The van der Waals surface area contributed by atoms with Gasteiger partial charge in [0, 0.05) is 46.0 Å². The van der Waals surface area contributed by atoms with E-state index in [4.69, 9.17) is 0 Å². The minimum absolute atomic E-state index is 0. The number of para-hydroxylation sites is 1. The maximum Gasteiger partial charge on any atom is 0.243 e. The van der Waals surface area contributed by atoms with Crippen molar-refractivity contribution in [3.8, 4) is 0 Å². The van der Waals surface area contributed by atoms with E-state index >= 15 is 0 Å². The molecule has 0 atom stereocenters. The lowest BCUT2D eigenvalue weighted by Crippen LogP contribution is -2.40. The van der Waals surface area contributed by atoms with E-state index < -0.39 is 0 Å². The fraction of sp³-hybridized carbons (Fsp3) is 0.474. The van der Waals surface area contributed by atoms with Crippen LogP contribution in [0.1, 0.15) is 13.3 Å². The largest absolute Gasteiger partial charge is 0.372 e. The number of hydrogen-bond donors (Lipinski definition) is 2. The number of likely N-dealkylation sites (N-methyl/N-ethyl adjacent to an activating group) is 1. The molecule has 7 heteroatoms. The normalized spacial score (nSPS) is 10.5. The SMILES string of the molecule is C=CCNC(=NCC(=O)N(C)C)NCCCN(CC)c1ccccc1.I. The lowest BCUT2D eigenvalue weighted by Gasteiger charge is -2.23. The van der Waals surface area contributed by atoms with Crippen molar-refractivity contribution in [2.75, 3.05) is 51.7 Å². The lowest BCUT2D eigenvalue weighted by atomic mass is 10.2. The number of guanidine groups is 1. The molecule has 0 fully saturated rings. The molecule has 0 radical (unpaired) electrons. The van der Waals surface area contributed by atoms with Crippen LogP contribution in [-0.2, 0) is 4.79 Å². The van der Waals surface area contributed by atoms with Gasteiger partial charge in [0.25, 0.3) is 0 Å². The molecule has 6 nitrogen and oxygen atoms in total. The highest BCUT2D eigenvalue weighted by molar-refractivity contribution is 14.0. The number of halogens is 1. The Balaban J connectivity index is 0.00000625. The fourth-order valence-electron chi connectivity index (χ4n) is 2.22. The molecular weight excluding hydrogens is 441 g/mol. The van der Waals surface area contributed by atoms with E-state index in [1.165, 1.54) is 10.6 Å². The van der Waals surface area contributed by atoms with Crippen molar-refractivity contribution in [2.45, 2.75) is 13.3 Å². The molecule has 26 heavy (non-hydrogen) atoms. The van der Waals surface area contributed by atoms with E-state index in [0.29, 0.717) is 12.5 Å². The monoisotopic (exact) mass is 473 g/mol. The second-order valence-corrected chi connectivity index (χ2v) is 5.82. The Morgan fingerprint density at radius 2 is 1.92 bits per heavy atom. The number of hydrogen-bond acceptors (Lipinski definition) is 3. The van der Waals surface area contributed by atoms with Crippen LogP contribution in [0.15, 0.2) is 48.0 Å². The van der Waals surface area contributed by atoms with Gasteiger partial charge < -0.3 is 20.4 Å². The summed E-state index contributed by atoms with van der Waals surface area (Å²) in [6.45, 7) is 9.29. The van der Waals surface area contributed by atoms with Gasteiger partial charge in [0.05, 0.1) is 0 Å². The summed E-state index contributed by atoms with van der Waals surface area (Å²) in [5, 5.41) is 6.41. The molecule has 0 aromatic heterocycles. The molecule has 1 aromatic rings. The molecule has 0 aliphatic heterocycles. The maximum atomic E-state index is 11.7. The lowest BCUT2D eigenvalue weighted by molar-refractivity contribution is -0.127. The summed E-state index contributed by atoms with van der Waals surface area (Å²) in [5.74, 6) is 0.610. The number of carbonyl (C=O) groups is 1. The number of benzene rings is 1. The van der Waals surface area contributed by atoms with Gasteiger partial charge in [0.1, 0.15) is 6.54 Å². The molecule has 146 valence electrons. The molecule has 1 aromatic carbocycles. The summed E-state index contributed by atoms with van der Waals surface area (Å²) >= 11 is 0. The zero-order chi connectivity index (χ0) is 18.5. The molecule has 0 aliphatic rings. The molecular formula is C19H32IN5O. The predicted molar refractivity (Wildman–Crippen MR) is 122 cm³/mol. The summed E-state index contributed by atoms with van der Waals surface area (Å²) in [4.78, 5) is 19.9. The van der Waals surface area contributed by atoms with Crippen molar-refractivity contribution < 1.29 is 4.79 Å². The standard InChI is InChI=1S/C19H31N5O.HI/c1-5-13-20-19(22-16-18(25)23(3)4)21-14-10-15-24(6-2)17-11-8-7-9-12-17;/h5,7-9,11-12H,1,6,10,13-16H2,2-4H3,(H2,20,21,22);1H. The van der Waals surface area contributed by atoms with Gasteiger partial charge in [-0.25, -0.2) is 4.99 Å². The van der Waals surface area contributed by atoms with Crippen molar-refractivity contribution in [1.82, 2.24) is 15.5 Å². The Kier molecular flexibility index (Phi) is 13.4. The van der Waals surface area contributed by atoms with E-state index in [-0.39, 0.29) is 36.4 Å². The fourth-order valence-corrected chi connectivity index (χ4v) is 2.22. The van der Waals surface area contributed by atoms with E-state index in [0.717, 1.165) is 26.1 Å². The van der Waals surface area contributed by atoms with Crippen LogP contribution in [0.2, 0.25) is 0 Å². The number of nitrogens with one attached hydrogen (secondary N) is 2. The third-order valence-electron chi connectivity index (χ3n) is 3.69. The molecule has 0 spiro atoms. The number of nitrogens with zero attached hydrogens (tertiary/aromatic N) is 3. The van der Waals surface area contributed by atoms with Gasteiger partial charge in [0.15, 0.2) is 5.96 Å². The quantitative estimate of drug-likeness (QED) is 0.180. The van der Waals surface area contributed by atoms with E-state index in [9.17, 15) is 4.79 Å². The first-order valence-electron chi connectivity index (χ1n) is 8.71. The van der Waals surface area contributed by atoms with Crippen LogP contribution in [-0.4, -0.2) is 63.6 Å². The molecule has 0 aliphatic carbocycles. The zero-order valence-corrected chi connectivity index (χ0v) is 18.4. The van der Waals surface area contributed by atoms with Gasteiger partial charge in [-0.3, -0.25) is 4.79 Å². The molecule has 1 rings (SSSR count). The van der Waals surface area contributed by atoms with Crippen LogP contribution in [0.4, 0.5) is 5.69 Å². The van der Waals surface area contributed by atoms with Crippen LogP contribution < -0.4 is 15.5 Å². The molecule has 0 bridgehead atoms. The van der Waals surface area contributed by atoms with Crippen LogP contribution in [0, 0.1) is 0 Å². The minimum Gasteiger partial charge on any atom is -0.372 e. The smallest absolute Gasteiger partial charge is 0.243 e. The zero-order valence-electron chi connectivity index (χ0n) is 16.1. The van der Waals surface area contributed by atoms with Crippen LogP contribution in [0.5, 0.6) is 0 Å². The van der Waals surface area contributed by atoms with Crippen LogP contribution in [0.25, 0.3) is 0 Å². The summed E-state index contributed by atoms with van der Waals surface area (Å²) in [5.41, 5.74) is 1.24. The highest BCUT2D eigenvalue weighted by Gasteiger charge is 2.05. The average molecular weight is 473 g/mol. The number of carbonyl (C=O) groups excluding carboxylic acids is 1. The number of amides is 1. The Labute approximate surface area is 174 Å². The average Bonchev–Trinajstić information content (AvgIpc) is 2.63. The first-order chi connectivity index (χ1) is 12.1.